The molecule has 0 aromatic heterocycles. The van der Waals surface area contributed by atoms with Crippen molar-refractivity contribution < 1.29 is 9.53 Å². The zero-order valence-electron chi connectivity index (χ0n) is 13.5. The van der Waals surface area contributed by atoms with Gasteiger partial charge in [-0.15, -0.1) is 0 Å². The third kappa shape index (κ3) is 7.53. The molecule has 0 aromatic rings. The van der Waals surface area contributed by atoms with Crippen LogP contribution in [0.2, 0.25) is 0 Å². The smallest absolute Gasteiger partial charge is 0.325 e. The predicted octanol–water partition coefficient (Wildman–Crippen LogP) is 2.41. The standard InChI is InChI=1S/C15H32N2O2/c1-7-19-14(18)15(6,16)9-8-10-17(13(4)5)11-12(2)3/h12-13H,7-11,16H2,1-6H3. The molecular weight excluding hydrogens is 240 g/mol. The van der Waals surface area contributed by atoms with Crippen LogP contribution in [0.15, 0.2) is 0 Å². The minimum atomic E-state index is -0.865. The third-order valence-electron chi connectivity index (χ3n) is 3.21. The van der Waals surface area contributed by atoms with Crippen LogP contribution >= 0.6 is 0 Å². The van der Waals surface area contributed by atoms with Gasteiger partial charge >= 0.3 is 5.97 Å². The maximum Gasteiger partial charge on any atom is 0.325 e. The molecule has 19 heavy (non-hydrogen) atoms. The van der Waals surface area contributed by atoms with Gasteiger partial charge in [-0.05, 0) is 53.0 Å². The van der Waals surface area contributed by atoms with Gasteiger partial charge in [0, 0.05) is 12.6 Å². The van der Waals surface area contributed by atoms with Crippen molar-refractivity contribution in [2.24, 2.45) is 11.7 Å². The van der Waals surface area contributed by atoms with E-state index in [1.807, 2.05) is 0 Å². The zero-order chi connectivity index (χ0) is 15.1. The Kier molecular flexibility index (Phi) is 8.26. The van der Waals surface area contributed by atoms with Crippen LogP contribution in [0, 0.1) is 5.92 Å². The summed E-state index contributed by atoms with van der Waals surface area (Å²) >= 11 is 0. The summed E-state index contributed by atoms with van der Waals surface area (Å²) in [5.74, 6) is 0.353. The van der Waals surface area contributed by atoms with Gasteiger partial charge in [-0.2, -0.15) is 0 Å². The summed E-state index contributed by atoms with van der Waals surface area (Å²) in [6, 6.07) is 0.522. The molecule has 2 N–H and O–H groups in total. The molecule has 4 nitrogen and oxygen atoms in total. The van der Waals surface area contributed by atoms with Crippen molar-refractivity contribution in [2.45, 2.75) is 66.0 Å². The van der Waals surface area contributed by atoms with Crippen LogP contribution in [0.3, 0.4) is 0 Å². The summed E-state index contributed by atoms with van der Waals surface area (Å²) in [4.78, 5) is 14.1. The second-order valence-corrected chi connectivity index (χ2v) is 6.22. The first-order valence-electron chi connectivity index (χ1n) is 7.40. The molecule has 114 valence electrons. The van der Waals surface area contributed by atoms with Gasteiger partial charge in [-0.25, -0.2) is 0 Å². The first kappa shape index (κ1) is 18.4. The number of nitrogens with zero attached hydrogens (tertiary/aromatic N) is 1. The largest absolute Gasteiger partial charge is 0.465 e. The van der Waals surface area contributed by atoms with Gasteiger partial charge in [-0.1, -0.05) is 13.8 Å². The summed E-state index contributed by atoms with van der Waals surface area (Å²) in [5, 5.41) is 0. The number of rotatable bonds is 9. The van der Waals surface area contributed by atoms with Gasteiger partial charge < -0.3 is 15.4 Å². The van der Waals surface area contributed by atoms with E-state index in [0.29, 0.717) is 25.0 Å². The fourth-order valence-electron chi connectivity index (χ4n) is 2.08. The van der Waals surface area contributed by atoms with E-state index < -0.39 is 5.54 Å². The Labute approximate surface area is 118 Å². The van der Waals surface area contributed by atoms with Gasteiger partial charge in [0.25, 0.3) is 0 Å². The Morgan fingerprint density at radius 2 is 1.89 bits per heavy atom. The molecule has 0 aromatic carbocycles. The van der Waals surface area contributed by atoms with E-state index >= 15 is 0 Å². The third-order valence-corrected chi connectivity index (χ3v) is 3.21. The summed E-state index contributed by atoms with van der Waals surface area (Å²) < 4.78 is 5.00. The molecule has 0 bridgehead atoms. The molecule has 0 amide bonds. The van der Waals surface area contributed by atoms with Crippen LogP contribution in [-0.2, 0) is 9.53 Å². The average molecular weight is 272 g/mol. The van der Waals surface area contributed by atoms with E-state index in [1.54, 1.807) is 13.8 Å². The minimum absolute atomic E-state index is 0.296. The van der Waals surface area contributed by atoms with E-state index in [4.69, 9.17) is 10.5 Å². The van der Waals surface area contributed by atoms with Crippen molar-refractivity contribution in [2.75, 3.05) is 19.7 Å². The van der Waals surface area contributed by atoms with Gasteiger partial charge in [0.05, 0.1) is 6.61 Å². The molecule has 1 unspecified atom stereocenters. The van der Waals surface area contributed by atoms with Crippen LogP contribution in [0.1, 0.15) is 54.4 Å². The number of hydrogen-bond donors (Lipinski definition) is 1. The molecule has 0 aliphatic heterocycles. The van der Waals surface area contributed by atoms with Gasteiger partial charge in [0.15, 0.2) is 0 Å². The first-order chi connectivity index (χ1) is 8.70. The monoisotopic (exact) mass is 272 g/mol. The Hall–Kier alpha value is -0.610. The molecule has 1 atom stereocenters. The van der Waals surface area contributed by atoms with Crippen molar-refractivity contribution >= 4 is 5.97 Å². The highest BCUT2D eigenvalue weighted by molar-refractivity contribution is 5.79. The molecule has 0 radical (unpaired) electrons. The second-order valence-electron chi connectivity index (χ2n) is 6.22. The Bertz CT molecular complexity index is 263. The van der Waals surface area contributed by atoms with Crippen molar-refractivity contribution in [3.63, 3.8) is 0 Å². The molecule has 0 fully saturated rings. The minimum Gasteiger partial charge on any atom is -0.465 e. The van der Waals surface area contributed by atoms with Crippen molar-refractivity contribution in [1.82, 2.24) is 4.90 Å². The number of ether oxygens (including phenoxy) is 1. The maximum atomic E-state index is 11.7. The van der Waals surface area contributed by atoms with Crippen molar-refractivity contribution in [3.8, 4) is 0 Å². The molecule has 4 heteroatoms. The van der Waals surface area contributed by atoms with Gasteiger partial charge in [-0.3, -0.25) is 4.79 Å². The summed E-state index contributed by atoms with van der Waals surface area (Å²) in [5.41, 5.74) is 5.15. The fraction of sp³-hybridized carbons (Fsp3) is 0.933. The average Bonchev–Trinajstić information content (AvgIpc) is 2.27. The molecule has 0 saturated carbocycles. The number of carbonyl (C=O) groups is 1. The SMILES string of the molecule is CCOC(=O)C(C)(N)CCCN(CC(C)C)C(C)C. The fourth-order valence-corrected chi connectivity index (χ4v) is 2.08. The molecule has 0 aliphatic rings. The first-order valence-corrected chi connectivity index (χ1v) is 7.40. The van der Waals surface area contributed by atoms with Gasteiger partial charge in [0.1, 0.15) is 5.54 Å². The number of esters is 1. The topological polar surface area (TPSA) is 55.6 Å². The van der Waals surface area contributed by atoms with E-state index in [0.717, 1.165) is 19.5 Å². The maximum absolute atomic E-state index is 11.7. The summed E-state index contributed by atoms with van der Waals surface area (Å²) in [6.45, 7) is 14.9. The number of nitrogens with two attached hydrogens (primary N) is 1. The number of hydrogen-bond acceptors (Lipinski definition) is 4. The van der Waals surface area contributed by atoms with Crippen LogP contribution in [-0.4, -0.2) is 42.1 Å². The Morgan fingerprint density at radius 3 is 2.32 bits per heavy atom. The zero-order valence-corrected chi connectivity index (χ0v) is 13.5. The lowest BCUT2D eigenvalue weighted by Crippen LogP contribution is -2.47. The molecule has 0 aliphatic carbocycles. The molecule has 0 rings (SSSR count). The van der Waals surface area contributed by atoms with E-state index in [-0.39, 0.29) is 5.97 Å². The van der Waals surface area contributed by atoms with Crippen molar-refractivity contribution in [3.05, 3.63) is 0 Å². The molecule has 0 spiro atoms. The summed E-state index contributed by atoms with van der Waals surface area (Å²) in [7, 11) is 0. The lowest BCUT2D eigenvalue weighted by atomic mass is 9.97. The lowest BCUT2D eigenvalue weighted by molar-refractivity contribution is -0.149. The quantitative estimate of drug-likeness (QED) is 0.655. The lowest BCUT2D eigenvalue weighted by Gasteiger charge is -2.29. The normalized spacial score (nSPS) is 15.1. The van der Waals surface area contributed by atoms with Crippen LogP contribution in [0.5, 0.6) is 0 Å². The van der Waals surface area contributed by atoms with E-state index in [9.17, 15) is 4.79 Å². The van der Waals surface area contributed by atoms with E-state index in [1.165, 1.54) is 0 Å². The predicted molar refractivity (Wildman–Crippen MR) is 80.0 cm³/mol. The molecular formula is C15H32N2O2. The Balaban J connectivity index is 4.20. The second kappa shape index (κ2) is 8.54. The number of carbonyl (C=O) groups excluding carboxylic acids is 1. The van der Waals surface area contributed by atoms with Crippen LogP contribution in [0.25, 0.3) is 0 Å². The van der Waals surface area contributed by atoms with Gasteiger partial charge in [0.2, 0.25) is 0 Å². The molecule has 0 heterocycles. The van der Waals surface area contributed by atoms with Crippen LogP contribution < -0.4 is 5.73 Å². The van der Waals surface area contributed by atoms with Crippen molar-refractivity contribution in [1.29, 1.82) is 0 Å². The Morgan fingerprint density at radius 1 is 1.32 bits per heavy atom. The van der Waals surface area contributed by atoms with E-state index in [2.05, 4.69) is 32.6 Å². The highest BCUT2D eigenvalue weighted by Crippen LogP contribution is 2.13. The molecule has 0 saturated heterocycles. The van der Waals surface area contributed by atoms with Crippen LogP contribution in [0.4, 0.5) is 0 Å². The highest BCUT2D eigenvalue weighted by Gasteiger charge is 2.29. The highest BCUT2D eigenvalue weighted by atomic mass is 16.5. The summed E-state index contributed by atoms with van der Waals surface area (Å²) in [6.07, 6.45) is 1.57.